The fourth-order valence-electron chi connectivity index (χ4n) is 1.61. The molecule has 90 valence electrons. The zero-order valence-electron chi connectivity index (χ0n) is 9.81. The second kappa shape index (κ2) is 5.12. The van der Waals surface area contributed by atoms with Gasteiger partial charge in [-0.25, -0.2) is 0 Å². The van der Waals surface area contributed by atoms with E-state index in [4.69, 9.17) is 10.8 Å². The van der Waals surface area contributed by atoms with Gasteiger partial charge in [0.25, 0.3) is 0 Å². The Morgan fingerprint density at radius 2 is 2.38 bits per heavy atom. The molecule has 0 saturated heterocycles. The van der Waals surface area contributed by atoms with E-state index in [1.165, 1.54) is 0 Å². The molecule has 5 heteroatoms. The van der Waals surface area contributed by atoms with Crippen LogP contribution < -0.4 is 5.73 Å². The Kier molecular flexibility index (Phi) is 4.06. The molecule has 0 aliphatic rings. The Bertz CT molecular complexity index is 362. The van der Waals surface area contributed by atoms with Crippen molar-refractivity contribution in [1.29, 1.82) is 0 Å². The lowest BCUT2D eigenvalue weighted by atomic mass is 9.92. The van der Waals surface area contributed by atoms with Crippen LogP contribution in [0.3, 0.4) is 0 Å². The van der Waals surface area contributed by atoms with Gasteiger partial charge in [-0.3, -0.25) is 9.48 Å². The number of rotatable bonds is 6. The molecule has 1 unspecified atom stereocenters. The van der Waals surface area contributed by atoms with Gasteiger partial charge in [0.1, 0.15) is 5.54 Å². The normalized spacial score (nSPS) is 14.7. The van der Waals surface area contributed by atoms with Gasteiger partial charge in [-0.15, -0.1) is 0 Å². The molecule has 0 fully saturated rings. The van der Waals surface area contributed by atoms with E-state index < -0.39 is 11.5 Å². The molecule has 1 aromatic rings. The van der Waals surface area contributed by atoms with Crippen LogP contribution in [-0.2, 0) is 11.3 Å². The molecule has 1 rings (SSSR count). The van der Waals surface area contributed by atoms with Gasteiger partial charge < -0.3 is 10.8 Å². The second-order valence-corrected chi connectivity index (χ2v) is 4.11. The topological polar surface area (TPSA) is 81.1 Å². The van der Waals surface area contributed by atoms with Gasteiger partial charge in [-0.2, -0.15) is 5.10 Å². The number of nitrogens with two attached hydrogens (primary N) is 1. The van der Waals surface area contributed by atoms with Crippen LogP contribution in [0, 0.1) is 6.92 Å². The van der Waals surface area contributed by atoms with Crippen LogP contribution in [0.2, 0.25) is 0 Å². The molecule has 0 aliphatic heterocycles. The first kappa shape index (κ1) is 12.7. The summed E-state index contributed by atoms with van der Waals surface area (Å²) < 4.78 is 1.86. The summed E-state index contributed by atoms with van der Waals surface area (Å²) in [5.41, 5.74) is 5.77. The van der Waals surface area contributed by atoms with Gasteiger partial charge in [-0.05, 0) is 32.3 Å². The molecule has 1 aromatic heterocycles. The highest BCUT2D eigenvalue weighted by Crippen LogP contribution is 2.15. The predicted octanol–water partition coefficient (Wildman–Crippen LogP) is 1.16. The number of aryl methyl sites for hydroxylation is 2. The monoisotopic (exact) mass is 225 g/mol. The summed E-state index contributed by atoms with van der Waals surface area (Å²) in [4.78, 5) is 11.0. The number of nitrogens with zero attached hydrogens (tertiary/aromatic N) is 2. The molecule has 1 atom stereocenters. The summed E-state index contributed by atoms with van der Waals surface area (Å²) in [7, 11) is 0. The minimum atomic E-state index is -1.10. The Hall–Kier alpha value is -1.36. The van der Waals surface area contributed by atoms with Crippen LogP contribution >= 0.6 is 0 Å². The van der Waals surface area contributed by atoms with Gasteiger partial charge in [0.15, 0.2) is 0 Å². The van der Waals surface area contributed by atoms with Crippen molar-refractivity contribution in [2.75, 3.05) is 0 Å². The Labute approximate surface area is 95.3 Å². The number of hydrogen-bond donors (Lipinski definition) is 2. The number of carboxylic acids is 1. The molecule has 0 bridgehead atoms. The zero-order valence-corrected chi connectivity index (χ0v) is 9.81. The van der Waals surface area contributed by atoms with E-state index in [0.717, 1.165) is 12.1 Å². The first-order chi connectivity index (χ1) is 7.49. The van der Waals surface area contributed by atoms with Crippen LogP contribution in [0.25, 0.3) is 0 Å². The van der Waals surface area contributed by atoms with Gasteiger partial charge in [0.2, 0.25) is 0 Å². The summed E-state index contributed by atoms with van der Waals surface area (Å²) in [6, 6.07) is 1.92. The second-order valence-electron chi connectivity index (χ2n) is 4.11. The quantitative estimate of drug-likeness (QED) is 0.761. The number of aromatic nitrogens is 2. The lowest BCUT2D eigenvalue weighted by Crippen LogP contribution is -2.47. The maximum Gasteiger partial charge on any atom is 0.323 e. The van der Waals surface area contributed by atoms with Crippen molar-refractivity contribution < 1.29 is 9.90 Å². The molecule has 1 heterocycles. The van der Waals surface area contributed by atoms with Crippen molar-refractivity contribution in [3.63, 3.8) is 0 Å². The van der Waals surface area contributed by atoms with Crippen molar-refractivity contribution in [2.45, 2.75) is 45.2 Å². The number of carboxylic acid groups (broad SMARTS) is 1. The van der Waals surface area contributed by atoms with Crippen molar-refractivity contribution in [3.8, 4) is 0 Å². The summed E-state index contributed by atoms with van der Waals surface area (Å²) in [5, 5.41) is 13.1. The maximum atomic E-state index is 11.0. The lowest BCUT2D eigenvalue weighted by molar-refractivity contribution is -0.143. The summed E-state index contributed by atoms with van der Waals surface area (Å²) in [5.74, 6) is -0.924. The van der Waals surface area contributed by atoms with E-state index in [1.54, 1.807) is 13.1 Å². The first-order valence-electron chi connectivity index (χ1n) is 5.50. The fraction of sp³-hybridized carbons (Fsp3) is 0.636. The number of aliphatic carboxylic acids is 1. The minimum Gasteiger partial charge on any atom is -0.480 e. The molecule has 5 nitrogen and oxygen atoms in total. The molecular weight excluding hydrogens is 206 g/mol. The molecule has 0 aliphatic carbocycles. The fourth-order valence-corrected chi connectivity index (χ4v) is 1.61. The summed E-state index contributed by atoms with van der Waals surface area (Å²) in [6.45, 7) is 4.48. The Morgan fingerprint density at radius 1 is 1.69 bits per heavy atom. The average Bonchev–Trinajstić information content (AvgIpc) is 2.64. The highest BCUT2D eigenvalue weighted by atomic mass is 16.4. The number of carbonyl (C=O) groups is 1. The van der Waals surface area contributed by atoms with E-state index in [9.17, 15) is 4.79 Å². The maximum absolute atomic E-state index is 11.0. The highest BCUT2D eigenvalue weighted by molar-refractivity contribution is 5.78. The molecular formula is C11H19N3O2. The largest absolute Gasteiger partial charge is 0.480 e. The zero-order chi connectivity index (χ0) is 12.2. The minimum absolute atomic E-state index is 0.445. The average molecular weight is 225 g/mol. The van der Waals surface area contributed by atoms with Gasteiger partial charge in [-0.1, -0.05) is 6.92 Å². The van der Waals surface area contributed by atoms with Crippen LogP contribution in [-0.4, -0.2) is 26.4 Å². The van der Waals surface area contributed by atoms with Gasteiger partial charge >= 0.3 is 5.97 Å². The highest BCUT2D eigenvalue weighted by Gasteiger charge is 2.30. The molecule has 3 N–H and O–H groups in total. The lowest BCUT2D eigenvalue weighted by Gasteiger charge is -2.22. The molecule has 0 saturated carbocycles. The Morgan fingerprint density at radius 3 is 2.81 bits per heavy atom. The standard InChI is InChI=1S/C11H19N3O2/c1-3-11(12,10(15)16)6-4-8-14-9(2)5-7-13-14/h5,7H,3-4,6,8,12H2,1-2H3,(H,15,16). The van der Waals surface area contributed by atoms with Gasteiger partial charge in [0, 0.05) is 18.4 Å². The SMILES string of the molecule is CCC(N)(CCCn1nccc1C)C(=O)O. The summed E-state index contributed by atoms with van der Waals surface area (Å²) >= 11 is 0. The Balaban J connectivity index is 2.46. The smallest absolute Gasteiger partial charge is 0.323 e. The molecule has 0 amide bonds. The molecule has 0 aromatic carbocycles. The van der Waals surface area contributed by atoms with Crippen molar-refractivity contribution in [3.05, 3.63) is 18.0 Å². The molecule has 0 radical (unpaired) electrons. The van der Waals surface area contributed by atoms with Gasteiger partial charge in [0.05, 0.1) is 0 Å². The van der Waals surface area contributed by atoms with Crippen LogP contribution in [0.5, 0.6) is 0 Å². The molecule has 16 heavy (non-hydrogen) atoms. The predicted molar refractivity (Wildman–Crippen MR) is 61.0 cm³/mol. The van der Waals surface area contributed by atoms with E-state index in [-0.39, 0.29) is 0 Å². The summed E-state index contributed by atoms with van der Waals surface area (Å²) in [6.07, 6.45) is 3.37. The first-order valence-corrected chi connectivity index (χ1v) is 5.50. The van der Waals surface area contributed by atoms with E-state index in [2.05, 4.69) is 5.10 Å². The van der Waals surface area contributed by atoms with Crippen molar-refractivity contribution in [2.24, 2.45) is 5.73 Å². The molecule has 0 spiro atoms. The van der Waals surface area contributed by atoms with Crippen molar-refractivity contribution in [1.82, 2.24) is 9.78 Å². The van der Waals surface area contributed by atoms with E-state index in [1.807, 2.05) is 17.7 Å². The van der Waals surface area contributed by atoms with E-state index >= 15 is 0 Å². The third-order valence-corrected chi connectivity index (χ3v) is 2.98. The number of hydrogen-bond acceptors (Lipinski definition) is 3. The van der Waals surface area contributed by atoms with E-state index in [0.29, 0.717) is 19.4 Å². The third-order valence-electron chi connectivity index (χ3n) is 2.98. The van der Waals surface area contributed by atoms with Crippen LogP contribution in [0.4, 0.5) is 0 Å². The van der Waals surface area contributed by atoms with Crippen molar-refractivity contribution >= 4 is 5.97 Å². The third kappa shape index (κ3) is 2.82. The van der Waals surface area contributed by atoms with Crippen LogP contribution in [0.15, 0.2) is 12.3 Å². The van der Waals surface area contributed by atoms with Crippen LogP contribution in [0.1, 0.15) is 31.9 Å².